The molecule has 0 saturated carbocycles. The molecule has 0 saturated heterocycles. The Morgan fingerprint density at radius 1 is 1.13 bits per heavy atom. The molecule has 0 radical (unpaired) electrons. The minimum atomic E-state index is 0.757. The highest BCUT2D eigenvalue weighted by molar-refractivity contribution is 7.11. The maximum Gasteiger partial charge on any atom is 0.191 e. The molecule has 0 aliphatic rings. The molecule has 2 aromatic rings. The Labute approximate surface area is 146 Å². The van der Waals surface area contributed by atoms with Crippen LogP contribution in [0.25, 0.3) is 0 Å². The number of rotatable bonds is 6. The highest BCUT2D eigenvalue weighted by Crippen LogP contribution is 2.18. The maximum atomic E-state index is 4.67. The van der Waals surface area contributed by atoms with E-state index in [9.17, 15) is 0 Å². The zero-order valence-electron chi connectivity index (χ0n) is 14.5. The first-order valence-corrected chi connectivity index (χ1v) is 9.49. The molecule has 2 N–H and O–H groups in total. The van der Waals surface area contributed by atoms with Gasteiger partial charge in [-0.05, 0) is 27.2 Å². The Morgan fingerprint density at radius 3 is 2.48 bits per heavy atom. The second-order valence-corrected chi connectivity index (χ2v) is 7.88. The number of guanidine groups is 1. The normalized spacial score (nSPS) is 11.8. The number of thiazole rings is 2. The van der Waals surface area contributed by atoms with E-state index in [0.717, 1.165) is 42.6 Å². The predicted molar refractivity (Wildman–Crippen MR) is 99.7 cm³/mol. The SMILES string of the molecule is CCc1nc(CCNC(=NC)NCc2sc(C)nc2C)sc1C. The van der Waals surface area contributed by atoms with Gasteiger partial charge in [-0.1, -0.05) is 6.92 Å². The number of hydrogen-bond acceptors (Lipinski definition) is 5. The Kier molecular flexibility index (Phi) is 6.53. The number of aromatic nitrogens is 2. The average Bonchev–Trinajstić information content (AvgIpc) is 3.04. The number of aryl methyl sites for hydroxylation is 4. The summed E-state index contributed by atoms with van der Waals surface area (Å²) in [7, 11) is 1.79. The molecule has 0 fully saturated rings. The molecule has 0 amide bonds. The van der Waals surface area contributed by atoms with Crippen LogP contribution in [0.15, 0.2) is 4.99 Å². The average molecular weight is 352 g/mol. The van der Waals surface area contributed by atoms with E-state index in [1.165, 1.54) is 20.5 Å². The second-order valence-electron chi connectivity index (χ2n) is 5.31. The lowest BCUT2D eigenvalue weighted by Gasteiger charge is -2.10. The molecule has 23 heavy (non-hydrogen) atoms. The second kappa shape index (κ2) is 8.40. The van der Waals surface area contributed by atoms with Crippen molar-refractivity contribution in [1.82, 2.24) is 20.6 Å². The van der Waals surface area contributed by atoms with Crippen LogP contribution >= 0.6 is 22.7 Å². The maximum absolute atomic E-state index is 4.67. The molecule has 0 aromatic carbocycles. The van der Waals surface area contributed by atoms with E-state index in [-0.39, 0.29) is 0 Å². The van der Waals surface area contributed by atoms with Gasteiger partial charge in [0.2, 0.25) is 0 Å². The molecule has 0 atom stereocenters. The first-order valence-electron chi connectivity index (χ1n) is 7.86. The van der Waals surface area contributed by atoms with Gasteiger partial charge in [-0.15, -0.1) is 22.7 Å². The van der Waals surface area contributed by atoms with Crippen LogP contribution in [0.3, 0.4) is 0 Å². The zero-order valence-corrected chi connectivity index (χ0v) is 16.1. The van der Waals surface area contributed by atoms with Crippen LogP contribution in [0.5, 0.6) is 0 Å². The van der Waals surface area contributed by atoms with Gasteiger partial charge in [0.15, 0.2) is 5.96 Å². The molecule has 2 rings (SSSR count). The smallest absolute Gasteiger partial charge is 0.191 e. The van der Waals surface area contributed by atoms with Crippen molar-refractivity contribution in [2.75, 3.05) is 13.6 Å². The first-order chi connectivity index (χ1) is 11.0. The number of nitrogens with one attached hydrogen (secondary N) is 2. The van der Waals surface area contributed by atoms with Crippen molar-refractivity contribution in [3.8, 4) is 0 Å². The van der Waals surface area contributed by atoms with Crippen molar-refractivity contribution in [2.45, 2.75) is 47.1 Å². The van der Waals surface area contributed by atoms with Gasteiger partial charge in [-0.25, -0.2) is 9.97 Å². The molecule has 0 unspecified atom stereocenters. The first kappa shape index (κ1) is 17.9. The van der Waals surface area contributed by atoms with E-state index in [1.807, 2.05) is 13.8 Å². The molecule has 0 aliphatic heterocycles. The van der Waals surface area contributed by atoms with Crippen molar-refractivity contribution in [2.24, 2.45) is 4.99 Å². The van der Waals surface area contributed by atoms with Crippen LogP contribution in [0, 0.1) is 20.8 Å². The molecule has 0 spiro atoms. The van der Waals surface area contributed by atoms with Crippen molar-refractivity contribution >= 4 is 28.6 Å². The van der Waals surface area contributed by atoms with E-state index in [2.05, 4.69) is 39.4 Å². The summed E-state index contributed by atoms with van der Waals surface area (Å²) in [5.41, 5.74) is 2.32. The molecule has 126 valence electrons. The van der Waals surface area contributed by atoms with Gasteiger partial charge in [0.25, 0.3) is 0 Å². The van der Waals surface area contributed by atoms with Gasteiger partial charge in [0.1, 0.15) is 0 Å². The zero-order chi connectivity index (χ0) is 16.8. The molecule has 2 aromatic heterocycles. The number of hydrogen-bond donors (Lipinski definition) is 2. The van der Waals surface area contributed by atoms with E-state index in [4.69, 9.17) is 0 Å². The van der Waals surface area contributed by atoms with Crippen LogP contribution in [-0.4, -0.2) is 29.5 Å². The summed E-state index contributed by atoms with van der Waals surface area (Å²) in [5.74, 6) is 0.819. The summed E-state index contributed by atoms with van der Waals surface area (Å²) in [6.07, 6.45) is 1.93. The van der Waals surface area contributed by atoms with Gasteiger partial charge in [0, 0.05) is 29.8 Å². The molecule has 7 heteroatoms. The summed E-state index contributed by atoms with van der Waals surface area (Å²) in [6.45, 7) is 9.97. The summed E-state index contributed by atoms with van der Waals surface area (Å²) in [6, 6.07) is 0. The highest BCUT2D eigenvalue weighted by atomic mass is 32.1. The molecule has 0 bridgehead atoms. The van der Waals surface area contributed by atoms with Crippen LogP contribution < -0.4 is 10.6 Å². The van der Waals surface area contributed by atoms with Crippen molar-refractivity contribution in [1.29, 1.82) is 0 Å². The minimum Gasteiger partial charge on any atom is -0.356 e. The minimum absolute atomic E-state index is 0.757. The van der Waals surface area contributed by atoms with Crippen LogP contribution in [0.1, 0.15) is 38.1 Å². The molecule has 5 nitrogen and oxygen atoms in total. The largest absolute Gasteiger partial charge is 0.356 e. The van der Waals surface area contributed by atoms with Gasteiger partial charge in [-0.3, -0.25) is 4.99 Å². The van der Waals surface area contributed by atoms with Crippen molar-refractivity contribution in [3.63, 3.8) is 0 Å². The summed E-state index contributed by atoms with van der Waals surface area (Å²) in [5, 5.41) is 8.99. The van der Waals surface area contributed by atoms with Gasteiger partial charge in [-0.2, -0.15) is 0 Å². The standard InChI is InChI=1S/C16H25N5S2/c1-6-13-11(3)22-15(21-13)7-8-18-16(17-5)19-9-14-10(2)20-12(4)23-14/h6-9H2,1-5H3,(H2,17,18,19). The van der Waals surface area contributed by atoms with E-state index in [0.29, 0.717) is 0 Å². The van der Waals surface area contributed by atoms with E-state index < -0.39 is 0 Å². The fourth-order valence-electron chi connectivity index (χ4n) is 2.33. The molecular formula is C16H25N5S2. The predicted octanol–water partition coefficient (Wildman–Crippen LogP) is 2.99. The Bertz CT molecular complexity index is 672. The van der Waals surface area contributed by atoms with Gasteiger partial charge in [0.05, 0.1) is 27.9 Å². The third-order valence-electron chi connectivity index (χ3n) is 3.54. The lowest BCUT2D eigenvalue weighted by Crippen LogP contribution is -2.37. The lowest BCUT2D eigenvalue weighted by atomic mass is 10.3. The molecular weight excluding hydrogens is 326 g/mol. The quantitative estimate of drug-likeness (QED) is 0.620. The summed E-state index contributed by atoms with van der Waals surface area (Å²) >= 11 is 3.52. The van der Waals surface area contributed by atoms with Gasteiger partial charge < -0.3 is 10.6 Å². The fourth-order valence-corrected chi connectivity index (χ4v) is 4.23. The number of nitrogens with zero attached hydrogens (tertiary/aromatic N) is 3. The highest BCUT2D eigenvalue weighted by Gasteiger charge is 2.07. The Hall–Kier alpha value is -1.47. The topological polar surface area (TPSA) is 62.2 Å². The third kappa shape index (κ3) is 5.00. The summed E-state index contributed by atoms with van der Waals surface area (Å²) in [4.78, 5) is 16.0. The molecule has 0 aliphatic carbocycles. The van der Waals surface area contributed by atoms with Crippen molar-refractivity contribution < 1.29 is 0 Å². The van der Waals surface area contributed by atoms with Crippen LogP contribution in [-0.2, 0) is 19.4 Å². The number of aliphatic imine (C=N–C) groups is 1. The van der Waals surface area contributed by atoms with E-state index >= 15 is 0 Å². The third-order valence-corrected chi connectivity index (χ3v) is 5.69. The summed E-state index contributed by atoms with van der Waals surface area (Å²) < 4.78 is 0. The van der Waals surface area contributed by atoms with E-state index in [1.54, 1.807) is 29.7 Å². The fraction of sp³-hybridized carbons (Fsp3) is 0.562. The van der Waals surface area contributed by atoms with Gasteiger partial charge >= 0.3 is 0 Å². The monoisotopic (exact) mass is 351 g/mol. The van der Waals surface area contributed by atoms with Crippen LogP contribution in [0.4, 0.5) is 0 Å². The Morgan fingerprint density at radius 2 is 1.91 bits per heavy atom. The molecule has 2 heterocycles. The van der Waals surface area contributed by atoms with Crippen molar-refractivity contribution in [3.05, 3.63) is 31.2 Å². The lowest BCUT2D eigenvalue weighted by molar-refractivity contribution is 0.791. The van der Waals surface area contributed by atoms with Crippen LogP contribution in [0.2, 0.25) is 0 Å². The Balaban J connectivity index is 1.79.